The number of nitrogens with two attached hydrogens (primary N) is 1. The highest BCUT2D eigenvalue weighted by atomic mass is 16.5. The monoisotopic (exact) mass is 143 g/mol. The van der Waals surface area contributed by atoms with E-state index >= 15 is 0 Å². The van der Waals surface area contributed by atoms with Gasteiger partial charge >= 0.3 is 0 Å². The average molecular weight is 143 g/mol. The van der Waals surface area contributed by atoms with Crippen molar-refractivity contribution in [3.8, 4) is 0 Å². The maximum absolute atomic E-state index is 11.1. The van der Waals surface area contributed by atoms with Gasteiger partial charge < -0.3 is 10.5 Å². The third-order valence-corrected chi connectivity index (χ3v) is 1.70. The number of hydrogen-bond acceptors (Lipinski definition) is 3. The molecule has 0 radical (unpaired) electrons. The lowest BCUT2D eigenvalue weighted by molar-refractivity contribution is -0.128. The van der Waals surface area contributed by atoms with E-state index in [0.717, 1.165) is 12.8 Å². The lowest BCUT2D eigenvalue weighted by Crippen LogP contribution is -2.35. The standard InChI is InChI=1S/C7H13NO2/c1-5(8)7(9)6-3-2-4-10-6/h5-6H,2-4,8H2,1H3. The Labute approximate surface area is 60.5 Å². The number of carbonyl (C=O) groups is 1. The molecule has 0 aromatic heterocycles. The van der Waals surface area contributed by atoms with E-state index in [1.165, 1.54) is 0 Å². The fourth-order valence-corrected chi connectivity index (χ4v) is 1.10. The largest absolute Gasteiger partial charge is 0.370 e. The first-order valence-electron chi connectivity index (χ1n) is 3.62. The highest BCUT2D eigenvalue weighted by Crippen LogP contribution is 2.13. The Balaban J connectivity index is 2.40. The van der Waals surface area contributed by atoms with Gasteiger partial charge in [0, 0.05) is 6.61 Å². The minimum Gasteiger partial charge on any atom is -0.370 e. The van der Waals surface area contributed by atoms with Crippen LogP contribution in [0.5, 0.6) is 0 Å². The fourth-order valence-electron chi connectivity index (χ4n) is 1.10. The summed E-state index contributed by atoms with van der Waals surface area (Å²) in [5.41, 5.74) is 5.39. The molecule has 2 unspecified atom stereocenters. The van der Waals surface area contributed by atoms with Gasteiger partial charge in [-0.15, -0.1) is 0 Å². The van der Waals surface area contributed by atoms with Crippen LogP contribution in [0.4, 0.5) is 0 Å². The Hall–Kier alpha value is -0.410. The average Bonchev–Trinajstić information content (AvgIpc) is 2.36. The normalized spacial score (nSPS) is 28.4. The summed E-state index contributed by atoms with van der Waals surface area (Å²) in [6.45, 7) is 2.41. The van der Waals surface area contributed by atoms with Gasteiger partial charge in [-0.05, 0) is 19.8 Å². The van der Waals surface area contributed by atoms with Crippen LogP contribution in [0.3, 0.4) is 0 Å². The summed E-state index contributed by atoms with van der Waals surface area (Å²) >= 11 is 0. The van der Waals surface area contributed by atoms with Crippen molar-refractivity contribution in [2.24, 2.45) is 5.73 Å². The summed E-state index contributed by atoms with van der Waals surface area (Å²) in [6.07, 6.45) is 1.63. The molecule has 0 spiro atoms. The fraction of sp³-hybridized carbons (Fsp3) is 0.857. The van der Waals surface area contributed by atoms with Gasteiger partial charge in [-0.25, -0.2) is 0 Å². The summed E-state index contributed by atoms with van der Waals surface area (Å²) in [5.74, 6) is 0.0394. The minimum atomic E-state index is -0.372. The lowest BCUT2D eigenvalue weighted by Gasteiger charge is -2.09. The van der Waals surface area contributed by atoms with Crippen LogP contribution in [-0.4, -0.2) is 24.5 Å². The van der Waals surface area contributed by atoms with E-state index in [2.05, 4.69) is 0 Å². The van der Waals surface area contributed by atoms with Crippen LogP contribution in [0.25, 0.3) is 0 Å². The molecule has 0 aromatic rings. The molecule has 10 heavy (non-hydrogen) atoms. The molecular weight excluding hydrogens is 130 g/mol. The summed E-state index contributed by atoms with van der Waals surface area (Å²) in [7, 11) is 0. The quantitative estimate of drug-likeness (QED) is 0.595. The van der Waals surface area contributed by atoms with Gasteiger partial charge in [0.25, 0.3) is 0 Å². The van der Waals surface area contributed by atoms with Gasteiger partial charge in [-0.2, -0.15) is 0 Å². The Bertz CT molecular complexity index is 128. The molecule has 1 rings (SSSR count). The Morgan fingerprint density at radius 1 is 1.80 bits per heavy atom. The lowest BCUT2D eigenvalue weighted by atomic mass is 10.1. The van der Waals surface area contributed by atoms with Gasteiger partial charge in [0.1, 0.15) is 6.10 Å². The van der Waals surface area contributed by atoms with Gasteiger partial charge in [-0.3, -0.25) is 4.79 Å². The molecule has 0 aromatic carbocycles. The highest BCUT2D eigenvalue weighted by Gasteiger charge is 2.25. The maximum Gasteiger partial charge on any atom is 0.177 e. The smallest absolute Gasteiger partial charge is 0.177 e. The van der Waals surface area contributed by atoms with Crippen molar-refractivity contribution in [1.82, 2.24) is 0 Å². The zero-order valence-corrected chi connectivity index (χ0v) is 6.17. The third-order valence-electron chi connectivity index (χ3n) is 1.70. The summed E-state index contributed by atoms with van der Waals surface area (Å²) < 4.78 is 5.15. The molecule has 1 aliphatic heterocycles. The van der Waals surface area contributed by atoms with Crippen LogP contribution in [0.2, 0.25) is 0 Å². The van der Waals surface area contributed by atoms with Gasteiger partial charge in [-0.1, -0.05) is 0 Å². The van der Waals surface area contributed by atoms with E-state index in [1.807, 2.05) is 0 Å². The van der Waals surface area contributed by atoms with E-state index in [9.17, 15) is 4.79 Å². The summed E-state index contributed by atoms with van der Waals surface area (Å²) in [6, 6.07) is -0.372. The number of ether oxygens (including phenoxy) is 1. The molecule has 1 aliphatic rings. The molecule has 3 heteroatoms. The highest BCUT2D eigenvalue weighted by molar-refractivity contribution is 5.87. The first-order valence-corrected chi connectivity index (χ1v) is 3.62. The summed E-state index contributed by atoms with van der Waals surface area (Å²) in [4.78, 5) is 11.1. The van der Waals surface area contributed by atoms with Crippen molar-refractivity contribution in [3.63, 3.8) is 0 Å². The first-order chi connectivity index (χ1) is 4.72. The molecule has 1 fully saturated rings. The van der Waals surface area contributed by atoms with E-state index in [4.69, 9.17) is 10.5 Å². The first kappa shape index (κ1) is 7.69. The van der Waals surface area contributed by atoms with Gasteiger partial charge in [0.05, 0.1) is 6.04 Å². The van der Waals surface area contributed by atoms with E-state index in [1.54, 1.807) is 6.92 Å². The molecular formula is C7H13NO2. The van der Waals surface area contributed by atoms with Crippen LogP contribution >= 0.6 is 0 Å². The molecule has 1 heterocycles. The van der Waals surface area contributed by atoms with E-state index in [-0.39, 0.29) is 17.9 Å². The van der Waals surface area contributed by atoms with Crippen molar-refractivity contribution < 1.29 is 9.53 Å². The molecule has 58 valence electrons. The van der Waals surface area contributed by atoms with Crippen molar-refractivity contribution in [2.75, 3.05) is 6.61 Å². The number of hydrogen-bond donors (Lipinski definition) is 1. The number of Topliss-reactive ketones (excluding diaryl/α,β-unsaturated/α-hetero) is 1. The Morgan fingerprint density at radius 3 is 2.90 bits per heavy atom. The van der Waals surface area contributed by atoms with Crippen LogP contribution in [0.1, 0.15) is 19.8 Å². The Morgan fingerprint density at radius 2 is 2.50 bits per heavy atom. The minimum absolute atomic E-state index is 0.0394. The van der Waals surface area contributed by atoms with Gasteiger partial charge in [0.2, 0.25) is 0 Å². The van der Waals surface area contributed by atoms with Gasteiger partial charge in [0.15, 0.2) is 5.78 Å². The molecule has 0 amide bonds. The van der Waals surface area contributed by atoms with Crippen molar-refractivity contribution >= 4 is 5.78 Å². The van der Waals surface area contributed by atoms with Crippen molar-refractivity contribution in [3.05, 3.63) is 0 Å². The van der Waals surface area contributed by atoms with Crippen LogP contribution in [-0.2, 0) is 9.53 Å². The second-order valence-corrected chi connectivity index (χ2v) is 2.69. The Kier molecular flexibility index (Phi) is 2.40. The number of rotatable bonds is 2. The molecule has 0 bridgehead atoms. The second-order valence-electron chi connectivity index (χ2n) is 2.69. The van der Waals surface area contributed by atoms with Crippen LogP contribution in [0.15, 0.2) is 0 Å². The predicted molar refractivity (Wildman–Crippen MR) is 37.6 cm³/mol. The van der Waals surface area contributed by atoms with E-state index in [0.29, 0.717) is 6.61 Å². The third kappa shape index (κ3) is 1.55. The van der Waals surface area contributed by atoms with Crippen molar-refractivity contribution in [2.45, 2.75) is 31.9 Å². The van der Waals surface area contributed by atoms with Crippen molar-refractivity contribution in [1.29, 1.82) is 0 Å². The van der Waals surface area contributed by atoms with Crippen LogP contribution < -0.4 is 5.73 Å². The molecule has 2 N–H and O–H groups in total. The summed E-state index contributed by atoms with van der Waals surface area (Å²) in [5, 5.41) is 0. The molecule has 0 saturated carbocycles. The maximum atomic E-state index is 11.1. The SMILES string of the molecule is CC(N)C(=O)C1CCCO1. The molecule has 1 saturated heterocycles. The second kappa shape index (κ2) is 3.12. The predicted octanol–water partition coefficient (Wildman–Crippen LogP) is 0.0817. The molecule has 2 atom stereocenters. The number of ketones is 1. The molecule has 0 aliphatic carbocycles. The molecule has 3 nitrogen and oxygen atoms in total. The number of carbonyl (C=O) groups excluding carboxylic acids is 1. The topological polar surface area (TPSA) is 52.3 Å². The van der Waals surface area contributed by atoms with Crippen LogP contribution in [0, 0.1) is 0 Å². The zero-order chi connectivity index (χ0) is 7.56. The zero-order valence-electron chi connectivity index (χ0n) is 6.17. The van der Waals surface area contributed by atoms with E-state index < -0.39 is 0 Å².